The van der Waals surface area contributed by atoms with Crippen molar-refractivity contribution in [3.8, 4) is 0 Å². The minimum Gasteiger partial charge on any atom is -0.317 e. The highest BCUT2D eigenvalue weighted by Gasteiger charge is 2.31. The Labute approximate surface area is 194 Å². The Morgan fingerprint density at radius 1 is 1.09 bits per heavy atom. The second-order valence-electron chi connectivity index (χ2n) is 9.61. The van der Waals surface area contributed by atoms with Gasteiger partial charge in [0.2, 0.25) is 0 Å². The van der Waals surface area contributed by atoms with Crippen molar-refractivity contribution in [2.24, 2.45) is 5.92 Å². The first-order chi connectivity index (χ1) is 16.1. The van der Waals surface area contributed by atoms with Crippen LogP contribution in [0.25, 0.3) is 11.0 Å². The van der Waals surface area contributed by atoms with Gasteiger partial charge in [0.25, 0.3) is 5.56 Å². The highest BCUT2D eigenvalue weighted by molar-refractivity contribution is 5.99. The molecule has 2 fully saturated rings. The van der Waals surface area contributed by atoms with Crippen LogP contribution in [0.15, 0.2) is 41.3 Å². The molecule has 1 N–H and O–H groups in total. The topological polar surface area (TPSA) is 76.9 Å². The lowest BCUT2D eigenvalue weighted by atomic mass is 9.80. The summed E-state index contributed by atoms with van der Waals surface area (Å²) in [5.74, 6) is 1.11. The molecule has 1 saturated heterocycles. The Kier molecular flexibility index (Phi) is 6.11. The van der Waals surface area contributed by atoms with Gasteiger partial charge in [0.15, 0.2) is 5.78 Å². The van der Waals surface area contributed by atoms with Gasteiger partial charge in [-0.2, -0.15) is 0 Å². The molecule has 0 amide bonds. The van der Waals surface area contributed by atoms with Gasteiger partial charge >= 0.3 is 0 Å². The zero-order chi connectivity index (χ0) is 22.9. The van der Waals surface area contributed by atoms with E-state index < -0.39 is 0 Å². The van der Waals surface area contributed by atoms with Crippen LogP contribution >= 0.6 is 0 Å². The molecular formula is C27H32N4O2. The molecule has 6 heteroatoms. The molecule has 1 unspecified atom stereocenters. The fourth-order valence-electron chi connectivity index (χ4n) is 5.88. The molecule has 2 aromatic heterocycles. The van der Waals surface area contributed by atoms with Crippen molar-refractivity contribution in [2.45, 2.75) is 64.3 Å². The van der Waals surface area contributed by atoms with Gasteiger partial charge in [0.05, 0.1) is 5.56 Å². The predicted octanol–water partition coefficient (Wildman–Crippen LogP) is 4.55. The second-order valence-corrected chi connectivity index (χ2v) is 9.61. The summed E-state index contributed by atoms with van der Waals surface area (Å²) >= 11 is 0. The molecule has 0 radical (unpaired) electrons. The highest BCUT2D eigenvalue weighted by Crippen LogP contribution is 2.37. The first-order valence-electron chi connectivity index (χ1n) is 12.2. The zero-order valence-corrected chi connectivity index (χ0v) is 19.5. The number of hydrogen-bond donors (Lipinski definition) is 1. The van der Waals surface area contributed by atoms with E-state index in [2.05, 4.69) is 29.6 Å². The molecule has 0 spiro atoms. The van der Waals surface area contributed by atoms with Crippen molar-refractivity contribution < 1.29 is 4.79 Å². The lowest BCUT2D eigenvalue weighted by molar-refractivity contribution is 0.101. The van der Waals surface area contributed by atoms with Crippen LogP contribution in [0.2, 0.25) is 0 Å². The summed E-state index contributed by atoms with van der Waals surface area (Å²) in [4.78, 5) is 35.9. The number of carbonyl (C=O) groups excluding carboxylic acids is 1. The van der Waals surface area contributed by atoms with Crippen molar-refractivity contribution in [3.63, 3.8) is 0 Å². The predicted molar refractivity (Wildman–Crippen MR) is 130 cm³/mol. The number of fused-ring (bicyclic) bond motifs is 1. The molecule has 3 heterocycles. The van der Waals surface area contributed by atoms with E-state index in [-0.39, 0.29) is 28.9 Å². The van der Waals surface area contributed by atoms with E-state index in [0.29, 0.717) is 17.1 Å². The third kappa shape index (κ3) is 4.01. The van der Waals surface area contributed by atoms with Crippen LogP contribution in [0.1, 0.15) is 84.7 Å². The Bertz CT molecular complexity index is 1220. The van der Waals surface area contributed by atoms with Crippen LogP contribution in [0.4, 0.5) is 0 Å². The first-order valence-corrected chi connectivity index (χ1v) is 12.2. The van der Waals surface area contributed by atoms with E-state index >= 15 is 0 Å². The summed E-state index contributed by atoms with van der Waals surface area (Å²) in [6, 6.07) is 10.6. The fourth-order valence-corrected chi connectivity index (χ4v) is 5.88. The minimum atomic E-state index is -0.192. The lowest BCUT2D eigenvalue weighted by Crippen LogP contribution is -2.33. The van der Waals surface area contributed by atoms with E-state index in [1.807, 2.05) is 23.8 Å². The molecule has 0 bridgehead atoms. The van der Waals surface area contributed by atoms with Crippen molar-refractivity contribution in [1.29, 1.82) is 0 Å². The highest BCUT2D eigenvalue weighted by atomic mass is 16.1. The summed E-state index contributed by atoms with van der Waals surface area (Å²) in [5, 5.41) is 4.27. The molecule has 2 aliphatic rings. The number of carbonyl (C=O) groups is 1. The number of pyridine rings is 1. The average Bonchev–Trinajstić information content (AvgIpc) is 3.35. The molecule has 172 valence electrons. The fraction of sp³-hybridized carbons (Fsp3) is 0.481. The molecule has 1 saturated carbocycles. The number of nitrogens with zero attached hydrogens (tertiary/aromatic N) is 3. The van der Waals surface area contributed by atoms with Crippen LogP contribution in [-0.4, -0.2) is 33.4 Å². The molecule has 33 heavy (non-hydrogen) atoms. The summed E-state index contributed by atoms with van der Waals surface area (Å²) in [6.07, 6.45) is 8.08. The Hall–Kier alpha value is -2.86. The molecule has 1 aliphatic carbocycles. The van der Waals surface area contributed by atoms with E-state index in [9.17, 15) is 9.59 Å². The molecule has 6 nitrogen and oxygen atoms in total. The van der Waals surface area contributed by atoms with Gasteiger partial charge in [-0.3, -0.25) is 14.2 Å². The Balaban J connectivity index is 1.73. The van der Waals surface area contributed by atoms with Crippen molar-refractivity contribution in [3.05, 3.63) is 69.4 Å². The average molecular weight is 445 g/mol. The Morgan fingerprint density at radius 2 is 1.79 bits per heavy atom. The number of aromatic nitrogens is 3. The summed E-state index contributed by atoms with van der Waals surface area (Å²) in [6.45, 7) is 5.32. The van der Waals surface area contributed by atoms with Crippen LogP contribution in [0.5, 0.6) is 0 Å². The number of rotatable bonds is 5. The van der Waals surface area contributed by atoms with Crippen molar-refractivity contribution in [1.82, 2.24) is 19.9 Å². The van der Waals surface area contributed by atoms with E-state index in [1.54, 1.807) is 0 Å². The van der Waals surface area contributed by atoms with Gasteiger partial charge in [0.1, 0.15) is 11.5 Å². The first kappa shape index (κ1) is 22.0. The molecular weight excluding hydrogens is 412 g/mol. The number of hydrogen-bond acceptors (Lipinski definition) is 5. The maximum absolute atomic E-state index is 13.6. The van der Waals surface area contributed by atoms with Gasteiger partial charge in [-0.1, -0.05) is 43.2 Å². The number of benzene rings is 1. The summed E-state index contributed by atoms with van der Waals surface area (Å²) < 4.78 is 1.82. The van der Waals surface area contributed by atoms with Crippen LogP contribution < -0.4 is 10.9 Å². The second kappa shape index (κ2) is 9.18. The summed E-state index contributed by atoms with van der Waals surface area (Å²) in [7, 11) is 0. The van der Waals surface area contributed by atoms with E-state index in [1.165, 1.54) is 12.5 Å². The summed E-state index contributed by atoms with van der Waals surface area (Å²) in [5.41, 5.74) is 2.69. The number of piperidine rings is 1. The van der Waals surface area contributed by atoms with Gasteiger partial charge in [-0.05, 0) is 69.7 Å². The maximum Gasteiger partial charge on any atom is 0.263 e. The number of Topliss-reactive ketones (excluding diaryl/α,β-unsaturated/α-hetero) is 1. The van der Waals surface area contributed by atoms with Gasteiger partial charge in [0, 0.05) is 23.5 Å². The van der Waals surface area contributed by atoms with Crippen LogP contribution in [0, 0.1) is 12.8 Å². The monoisotopic (exact) mass is 444 g/mol. The van der Waals surface area contributed by atoms with Crippen molar-refractivity contribution in [2.75, 3.05) is 13.1 Å². The largest absolute Gasteiger partial charge is 0.317 e. The van der Waals surface area contributed by atoms with Gasteiger partial charge in [-0.15, -0.1) is 0 Å². The quantitative estimate of drug-likeness (QED) is 0.584. The molecule has 3 aromatic rings. The SMILES string of the molecule is CC(=O)c1c(C)c2cnc(C(c3ccccc3)C3CCNCC3)nc2n(C2CCCC2)c1=O. The zero-order valence-electron chi connectivity index (χ0n) is 19.5. The molecule has 5 rings (SSSR count). The van der Waals surface area contributed by atoms with Crippen LogP contribution in [-0.2, 0) is 0 Å². The number of aryl methyl sites for hydroxylation is 1. The smallest absolute Gasteiger partial charge is 0.263 e. The third-order valence-electron chi connectivity index (χ3n) is 7.56. The molecule has 1 aromatic carbocycles. The standard InChI is InChI=1S/C27H32N4O2/c1-17-22-16-29-25(24(19-8-4-3-5-9-19)20-12-14-28-15-13-20)30-26(22)31(21-10-6-7-11-21)27(33)23(17)18(2)32/h3-5,8-9,16,20-21,24,28H,6-7,10-15H2,1-2H3. The van der Waals surface area contributed by atoms with E-state index in [0.717, 1.165) is 62.8 Å². The van der Waals surface area contributed by atoms with E-state index in [4.69, 9.17) is 9.97 Å². The van der Waals surface area contributed by atoms with Gasteiger partial charge < -0.3 is 5.32 Å². The maximum atomic E-state index is 13.6. The van der Waals surface area contributed by atoms with Crippen LogP contribution in [0.3, 0.4) is 0 Å². The lowest BCUT2D eigenvalue weighted by Gasteiger charge is -2.30. The third-order valence-corrected chi connectivity index (χ3v) is 7.56. The number of ketones is 1. The molecule has 1 aliphatic heterocycles. The number of nitrogens with one attached hydrogen (secondary N) is 1. The van der Waals surface area contributed by atoms with Gasteiger partial charge in [-0.25, -0.2) is 9.97 Å². The minimum absolute atomic E-state index is 0.0811. The normalized spacial score (nSPS) is 18.6. The van der Waals surface area contributed by atoms with Crippen molar-refractivity contribution >= 4 is 16.8 Å². The molecule has 1 atom stereocenters. The Morgan fingerprint density at radius 3 is 2.45 bits per heavy atom.